The molecule has 2 aromatic heterocycles. The average Bonchev–Trinajstić information content (AvgIpc) is 3.07. The van der Waals surface area contributed by atoms with E-state index in [0.717, 1.165) is 17.3 Å². The van der Waals surface area contributed by atoms with Crippen molar-refractivity contribution in [1.29, 1.82) is 0 Å². The Labute approximate surface area is 151 Å². The number of hydrogen-bond acceptors (Lipinski definition) is 6. The molecule has 0 unspecified atom stereocenters. The van der Waals surface area contributed by atoms with E-state index in [1.165, 1.54) is 11.3 Å². The van der Waals surface area contributed by atoms with Gasteiger partial charge in [-0.15, -0.1) is 33.3 Å². The number of carbonyl (C=O) groups is 1. The number of rotatable bonds is 8. The van der Waals surface area contributed by atoms with Crippen molar-refractivity contribution in [1.82, 2.24) is 15.1 Å². The normalized spacial score (nSPS) is 11.5. The molecule has 0 aromatic carbocycles. The number of amides is 1. The molecule has 0 aliphatic carbocycles. The number of aromatic nitrogens is 2. The maximum Gasteiger partial charge on any atom is 0.266 e. The number of nitrogens with one attached hydrogen (secondary N) is 1. The SMILES string of the molecule is CC(C)N(CCSc1ccc(NC(=O)c2cccs2)nn1)C(C)C. The molecule has 0 bridgehead atoms. The minimum atomic E-state index is -0.149. The van der Waals surface area contributed by atoms with Gasteiger partial charge in [-0.2, -0.15) is 0 Å². The smallest absolute Gasteiger partial charge is 0.266 e. The van der Waals surface area contributed by atoms with Crippen LogP contribution in [0, 0.1) is 0 Å². The molecule has 1 N–H and O–H groups in total. The molecule has 0 fully saturated rings. The first-order valence-electron chi connectivity index (χ1n) is 8.04. The Morgan fingerprint density at radius 3 is 2.50 bits per heavy atom. The molecule has 0 spiro atoms. The fourth-order valence-corrected chi connectivity index (χ4v) is 3.81. The molecule has 0 radical (unpaired) electrons. The van der Waals surface area contributed by atoms with E-state index >= 15 is 0 Å². The molecule has 2 aromatic rings. The largest absolute Gasteiger partial charge is 0.304 e. The Bertz CT molecular complexity index is 619. The molecular formula is C17H24N4OS2. The van der Waals surface area contributed by atoms with Crippen molar-refractivity contribution in [3.05, 3.63) is 34.5 Å². The molecule has 1 amide bonds. The maximum atomic E-state index is 12.0. The van der Waals surface area contributed by atoms with Crippen molar-refractivity contribution in [2.24, 2.45) is 0 Å². The fourth-order valence-electron chi connectivity index (χ4n) is 2.42. The van der Waals surface area contributed by atoms with Crippen LogP contribution in [-0.4, -0.2) is 45.4 Å². The first kappa shape index (κ1) is 18.9. The van der Waals surface area contributed by atoms with Crippen molar-refractivity contribution in [2.75, 3.05) is 17.6 Å². The molecule has 0 aliphatic heterocycles. The number of hydrogen-bond donors (Lipinski definition) is 1. The summed E-state index contributed by atoms with van der Waals surface area (Å²) < 4.78 is 0. The highest BCUT2D eigenvalue weighted by Crippen LogP contribution is 2.17. The molecule has 2 rings (SSSR count). The van der Waals surface area contributed by atoms with Crippen molar-refractivity contribution < 1.29 is 4.79 Å². The number of thioether (sulfide) groups is 1. The lowest BCUT2D eigenvalue weighted by atomic mass is 10.2. The van der Waals surface area contributed by atoms with Gasteiger partial charge in [0.2, 0.25) is 0 Å². The molecule has 0 atom stereocenters. The van der Waals surface area contributed by atoms with Crippen molar-refractivity contribution >= 4 is 34.8 Å². The van der Waals surface area contributed by atoms with Gasteiger partial charge in [-0.1, -0.05) is 6.07 Å². The standard InChI is InChI=1S/C17H24N4OS2/c1-12(2)21(13(3)4)9-11-24-16-8-7-15(19-20-16)18-17(22)14-6-5-10-23-14/h5-8,10,12-13H,9,11H2,1-4H3,(H,18,19,22). The number of thiophene rings is 1. The second-order valence-electron chi connectivity index (χ2n) is 5.96. The Balaban J connectivity index is 1.83. The number of nitrogens with zero attached hydrogens (tertiary/aromatic N) is 3. The van der Waals surface area contributed by atoms with Gasteiger partial charge in [-0.25, -0.2) is 0 Å². The van der Waals surface area contributed by atoms with Crippen molar-refractivity contribution in [2.45, 2.75) is 44.8 Å². The topological polar surface area (TPSA) is 58.1 Å². The highest BCUT2D eigenvalue weighted by molar-refractivity contribution is 7.99. The van der Waals surface area contributed by atoms with Gasteiger partial charge in [0.1, 0.15) is 5.03 Å². The first-order valence-corrected chi connectivity index (χ1v) is 9.91. The van der Waals surface area contributed by atoms with E-state index < -0.39 is 0 Å². The Kier molecular flexibility index (Phi) is 7.20. The van der Waals surface area contributed by atoms with Crippen LogP contribution in [0.4, 0.5) is 5.82 Å². The lowest BCUT2D eigenvalue weighted by Gasteiger charge is -2.30. The van der Waals surface area contributed by atoms with Crippen LogP contribution in [0.2, 0.25) is 0 Å². The molecular weight excluding hydrogens is 340 g/mol. The van der Waals surface area contributed by atoms with Crippen LogP contribution >= 0.6 is 23.1 Å². The summed E-state index contributed by atoms with van der Waals surface area (Å²) in [5, 5.41) is 13.8. The second kappa shape index (κ2) is 9.15. The van der Waals surface area contributed by atoms with Gasteiger partial charge in [-0.05, 0) is 51.3 Å². The molecule has 5 nitrogen and oxygen atoms in total. The number of carbonyl (C=O) groups excluding carboxylic acids is 1. The van der Waals surface area contributed by atoms with Crippen LogP contribution < -0.4 is 5.32 Å². The van der Waals surface area contributed by atoms with Crippen LogP contribution in [0.3, 0.4) is 0 Å². The summed E-state index contributed by atoms with van der Waals surface area (Å²) in [5.41, 5.74) is 0. The Hall–Kier alpha value is -1.44. The quantitative estimate of drug-likeness (QED) is 0.718. The van der Waals surface area contributed by atoms with Crippen LogP contribution in [-0.2, 0) is 0 Å². The van der Waals surface area contributed by atoms with E-state index in [1.807, 2.05) is 17.5 Å². The van der Waals surface area contributed by atoms with Gasteiger partial charge in [0, 0.05) is 24.4 Å². The summed E-state index contributed by atoms with van der Waals surface area (Å²) in [6.45, 7) is 9.88. The zero-order valence-corrected chi connectivity index (χ0v) is 16.2. The zero-order chi connectivity index (χ0) is 17.5. The van der Waals surface area contributed by atoms with Gasteiger partial charge in [-0.3, -0.25) is 9.69 Å². The summed E-state index contributed by atoms with van der Waals surface area (Å²) in [4.78, 5) is 15.1. The summed E-state index contributed by atoms with van der Waals surface area (Å²) in [6, 6.07) is 8.40. The third kappa shape index (κ3) is 5.58. The molecule has 24 heavy (non-hydrogen) atoms. The van der Waals surface area contributed by atoms with E-state index in [9.17, 15) is 4.79 Å². The Morgan fingerprint density at radius 2 is 1.96 bits per heavy atom. The highest BCUT2D eigenvalue weighted by atomic mass is 32.2. The van der Waals surface area contributed by atoms with Gasteiger partial charge < -0.3 is 5.32 Å². The summed E-state index contributed by atoms with van der Waals surface area (Å²) in [6.07, 6.45) is 0. The second-order valence-corrected chi connectivity index (χ2v) is 8.02. The van der Waals surface area contributed by atoms with E-state index in [-0.39, 0.29) is 5.91 Å². The van der Waals surface area contributed by atoms with Crippen molar-refractivity contribution in [3.63, 3.8) is 0 Å². The van der Waals surface area contributed by atoms with E-state index in [1.54, 1.807) is 23.9 Å². The molecule has 0 saturated carbocycles. The summed E-state index contributed by atoms with van der Waals surface area (Å²) in [7, 11) is 0. The zero-order valence-electron chi connectivity index (χ0n) is 14.5. The van der Waals surface area contributed by atoms with Crippen LogP contribution in [0.5, 0.6) is 0 Å². The van der Waals surface area contributed by atoms with E-state index in [2.05, 4.69) is 48.1 Å². The lowest BCUT2D eigenvalue weighted by Crippen LogP contribution is -2.38. The van der Waals surface area contributed by atoms with Crippen LogP contribution in [0.1, 0.15) is 37.4 Å². The predicted octanol–water partition coefficient (Wildman–Crippen LogP) is 4.00. The average molecular weight is 365 g/mol. The maximum absolute atomic E-state index is 12.0. The first-order chi connectivity index (χ1) is 11.5. The molecule has 7 heteroatoms. The number of anilines is 1. The Morgan fingerprint density at radius 1 is 1.21 bits per heavy atom. The molecule has 0 saturated heterocycles. The minimum absolute atomic E-state index is 0.149. The van der Waals surface area contributed by atoms with Crippen LogP contribution in [0.15, 0.2) is 34.7 Å². The van der Waals surface area contributed by atoms with Gasteiger partial charge in [0.15, 0.2) is 5.82 Å². The third-order valence-corrected chi connectivity index (χ3v) is 5.32. The molecule has 2 heterocycles. The van der Waals surface area contributed by atoms with E-state index in [4.69, 9.17) is 0 Å². The minimum Gasteiger partial charge on any atom is -0.304 e. The van der Waals surface area contributed by atoms with E-state index in [0.29, 0.717) is 22.8 Å². The summed E-state index contributed by atoms with van der Waals surface area (Å²) >= 11 is 3.09. The lowest BCUT2D eigenvalue weighted by molar-refractivity contribution is 0.103. The van der Waals surface area contributed by atoms with Gasteiger partial charge in [0.25, 0.3) is 5.91 Å². The summed E-state index contributed by atoms with van der Waals surface area (Å²) in [5.74, 6) is 1.29. The highest BCUT2D eigenvalue weighted by Gasteiger charge is 2.13. The third-order valence-electron chi connectivity index (χ3n) is 3.55. The van der Waals surface area contributed by atoms with Crippen molar-refractivity contribution in [3.8, 4) is 0 Å². The van der Waals surface area contributed by atoms with Crippen LogP contribution in [0.25, 0.3) is 0 Å². The predicted molar refractivity (Wildman–Crippen MR) is 102 cm³/mol. The fraction of sp³-hybridized carbons (Fsp3) is 0.471. The van der Waals surface area contributed by atoms with Gasteiger partial charge >= 0.3 is 0 Å². The molecule has 0 aliphatic rings. The monoisotopic (exact) mass is 364 g/mol. The van der Waals surface area contributed by atoms with Gasteiger partial charge in [0.05, 0.1) is 4.88 Å². The molecule has 130 valence electrons.